The van der Waals surface area contributed by atoms with Crippen LogP contribution in [0.4, 0.5) is 22.7 Å². The molecular formula is C30H23N3. The predicted molar refractivity (Wildman–Crippen MR) is 140 cm³/mol. The van der Waals surface area contributed by atoms with Crippen LogP contribution in [0.3, 0.4) is 0 Å². The maximum Gasteiger partial charge on any atom is 0.0542 e. The van der Waals surface area contributed by atoms with Gasteiger partial charge in [0.2, 0.25) is 0 Å². The normalized spacial score (nSPS) is 11.0. The summed E-state index contributed by atoms with van der Waals surface area (Å²) in [5, 5.41) is 9.51. The zero-order chi connectivity index (χ0) is 22.0. The number of hydrogen-bond acceptors (Lipinski definition) is 2. The van der Waals surface area contributed by atoms with Gasteiger partial charge in [0.1, 0.15) is 0 Å². The Kier molecular flexibility index (Phi) is 4.78. The van der Waals surface area contributed by atoms with Crippen LogP contribution in [-0.4, -0.2) is 4.57 Å². The second-order valence-electron chi connectivity index (χ2n) is 8.12. The summed E-state index contributed by atoms with van der Waals surface area (Å²) in [6.45, 7) is 0. The number of aromatic nitrogens is 1. The number of hydrogen-bond donors (Lipinski definition) is 2. The number of rotatable bonds is 5. The number of anilines is 4. The molecule has 0 aliphatic carbocycles. The molecule has 0 radical (unpaired) electrons. The molecule has 0 spiro atoms. The predicted octanol–water partition coefficient (Wildman–Crippen LogP) is 8.27. The number of nitrogens with zero attached hydrogens (tertiary/aromatic N) is 1. The number of fused-ring (bicyclic) bond motifs is 3. The van der Waals surface area contributed by atoms with Gasteiger partial charge in [-0.05, 0) is 72.8 Å². The van der Waals surface area contributed by atoms with Gasteiger partial charge >= 0.3 is 0 Å². The molecule has 0 saturated carbocycles. The topological polar surface area (TPSA) is 29.0 Å². The highest BCUT2D eigenvalue weighted by Gasteiger charge is 2.13. The van der Waals surface area contributed by atoms with Gasteiger partial charge < -0.3 is 15.2 Å². The van der Waals surface area contributed by atoms with Gasteiger partial charge in [-0.3, -0.25) is 0 Å². The molecule has 0 aliphatic rings. The zero-order valence-electron chi connectivity index (χ0n) is 18.1. The van der Waals surface area contributed by atoms with Gasteiger partial charge in [-0.2, -0.15) is 0 Å². The molecule has 0 bridgehead atoms. The van der Waals surface area contributed by atoms with Crippen molar-refractivity contribution in [3.63, 3.8) is 0 Å². The van der Waals surface area contributed by atoms with Crippen LogP contribution < -0.4 is 10.6 Å². The summed E-state index contributed by atoms with van der Waals surface area (Å²) in [4.78, 5) is 0. The first-order valence-corrected chi connectivity index (χ1v) is 11.1. The molecule has 6 rings (SSSR count). The SMILES string of the molecule is c1ccc(Nc2ccc3c(c2)c2cc(Nc4ccccc4)ccc2n3-c2ccccc2)cc1. The van der Waals surface area contributed by atoms with Crippen LogP contribution in [0.15, 0.2) is 127 Å². The van der Waals surface area contributed by atoms with Gasteiger partial charge in [-0.15, -0.1) is 0 Å². The first-order chi connectivity index (χ1) is 16.3. The van der Waals surface area contributed by atoms with Crippen molar-refractivity contribution in [1.82, 2.24) is 4.57 Å². The minimum Gasteiger partial charge on any atom is -0.356 e. The van der Waals surface area contributed by atoms with E-state index in [1.807, 2.05) is 36.4 Å². The van der Waals surface area contributed by atoms with E-state index in [-0.39, 0.29) is 0 Å². The largest absolute Gasteiger partial charge is 0.356 e. The van der Waals surface area contributed by atoms with E-state index in [9.17, 15) is 0 Å². The summed E-state index contributed by atoms with van der Waals surface area (Å²) in [6, 6.07) is 44.3. The van der Waals surface area contributed by atoms with Gasteiger partial charge in [0.25, 0.3) is 0 Å². The van der Waals surface area contributed by atoms with Gasteiger partial charge in [0.15, 0.2) is 0 Å². The fourth-order valence-corrected chi connectivity index (χ4v) is 4.41. The van der Waals surface area contributed by atoms with Crippen molar-refractivity contribution in [2.75, 3.05) is 10.6 Å². The standard InChI is InChI=1S/C30H23N3/c1-4-10-22(11-5-1)31-24-16-18-29-27(20-24)28-21-25(32-23-12-6-2-7-13-23)17-19-30(28)33(29)26-14-8-3-9-15-26/h1-21,31-32H. The Labute approximate surface area is 192 Å². The van der Waals surface area contributed by atoms with Crippen molar-refractivity contribution in [3.05, 3.63) is 127 Å². The summed E-state index contributed by atoms with van der Waals surface area (Å²) in [6.07, 6.45) is 0. The fraction of sp³-hybridized carbons (Fsp3) is 0. The van der Waals surface area contributed by atoms with Crippen LogP contribution in [0.5, 0.6) is 0 Å². The molecule has 158 valence electrons. The Morgan fingerprint density at radius 2 is 0.818 bits per heavy atom. The van der Waals surface area contributed by atoms with Crippen molar-refractivity contribution in [2.24, 2.45) is 0 Å². The summed E-state index contributed by atoms with van der Waals surface area (Å²) < 4.78 is 2.34. The zero-order valence-corrected chi connectivity index (χ0v) is 18.1. The van der Waals surface area contributed by atoms with Crippen LogP contribution >= 0.6 is 0 Å². The second kappa shape index (κ2) is 8.21. The monoisotopic (exact) mass is 425 g/mol. The third kappa shape index (κ3) is 3.70. The van der Waals surface area contributed by atoms with Crippen LogP contribution in [0.25, 0.3) is 27.5 Å². The quantitative estimate of drug-likeness (QED) is 0.291. The number of nitrogens with one attached hydrogen (secondary N) is 2. The number of para-hydroxylation sites is 3. The Bertz CT molecular complexity index is 1440. The molecular weight excluding hydrogens is 402 g/mol. The van der Waals surface area contributed by atoms with E-state index in [0.29, 0.717) is 0 Å². The minimum atomic E-state index is 1.07. The molecule has 0 amide bonds. The highest BCUT2D eigenvalue weighted by atomic mass is 15.0. The average Bonchev–Trinajstić information content (AvgIpc) is 3.19. The van der Waals surface area contributed by atoms with Crippen LogP contribution in [0, 0.1) is 0 Å². The van der Waals surface area contributed by atoms with E-state index in [2.05, 4.69) is 106 Å². The molecule has 0 unspecified atom stereocenters. The molecule has 0 fully saturated rings. The van der Waals surface area contributed by atoms with Gasteiger partial charge in [0, 0.05) is 39.2 Å². The Hall–Kier alpha value is -4.50. The Balaban J connectivity index is 1.53. The summed E-state index contributed by atoms with van der Waals surface area (Å²) in [5.74, 6) is 0. The lowest BCUT2D eigenvalue weighted by atomic mass is 10.1. The van der Waals surface area contributed by atoms with E-state index < -0.39 is 0 Å². The molecule has 2 N–H and O–H groups in total. The van der Waals surface area contributed by atoms with Crippen molar-refractivity contribution >= 4 is 44.6 Å². The molecule has 0 saturated heterocycles. The third-order valence-electron chi connectivity index (χ3n) is 5.90. The van der Waals surface area contributed by atoms with E-state index in [4.69, 9.17) is 0 Å². The Morgan fingerprint density at radius 1 is 0.394 bits per heavy atom. The highest BCUT2D eigenvalue weighted by Crippen LogP contribution is 2.36. The Morgan fingerprint density at radius 3 is 1.27 bits per heavy atom. The van der Waals surface area contributed by atoms with Crippen molar-refractivity contribution in [3.8, 4) is 5.69 Å². The molecule has 1 heterocycles. The lowest BCUT2D eigenvalue weighted by molar-refractivity contribution is 1.18. The summed E-state index contributed by atoms with van der Waals surface area (Å²) in [7, 11) is 0. The second-order valence-corrected chi connectivity index (χ2v) is 8.12. The first-order valence-electron chi connectivity index (χ1n) is 11.1. The summed E-state index contributed by atoms with van der Waals surface area (Å²) >= 11 is 0. The maximum atomic E-state index is 3.54. The molecule has 5 aromatic carbocycles. The van der Waals surface area contributed by atoms with E-state index >= 15 is 0 Å². The van der Waals surface area contributed by atoms with Crippen LogP contribution in [-0.2, 0) is 0 Å². The van der Waals surface area contributed by atoms with E-state index in [1.54, 1.807) is 0 Å². The van der Waals surface area contributed by atoms with Crippen molar-refractivity contribution in [2.45, 2.75) is 0 Å². The number of benzene rings is 5. The molecule has 6 aromatic rings. The minimum absolute atomic E-state index is 1.07. The molecule has 0 atom stereocenters. The smallest absolute Gasteiger partial charge is 0.0542 e. The van der Waals surface area contributed by atoms with Crippen LogP contribution in [0.2, 0.25) is 0 Å². The third-order valence-corrected chi connectivity index (χ3v) is 5.90. The van der Waals surface area contributed by atoms with Crippen LogP contribution in [0.1, 0.15) is 0 Å². The summed E-state index contributed by atoms with van der Waals surface area (Å²) in [5.41, 5.74) is 7.83. The molecule has 3 heteroatoms. The average molecular weight is 426 g/mol. The van der Waals surface area contributed by atoms with Crippen molar-refractivity contribution in [1.29, 1.82) is 0 Å². The molecule has 0 aliphatic heterocycles. The lowest BCUT2D eigenvalue weighted by Crippen LogP contribution is -1.94. The van der Waals surface area contributed by atoms with Gasteiger partial charge in [-0.25, -0.2) is 0 Å². The molecule has 33 heavy (non-hydrogen) atoms. The molecule has 1 aromatic heterocycles. The maximum absolute atomic E-state index is 3.54. The van der Waals surface area contributed by atoms with Gasteiger partial charge in [0.05, 0.1) is 11.0 Å². The lowest BCUT2D eigenvalue weighted by Gasteiger charge is -2.09. The van der Waals surface area contributed by atoms with E-state index in [0.717, 1.165) is 28.4 Å². The van der Waals surface area contributed by atoms with Crippen molar-refractivity contribution < 1.29 is 0 Å². The highest BCUT2D eigenvalue weighted by molar-refractivity contribution is 6.11. The van der Waals surface area contributed by atoms with Gasteiger partial charge in [-0.1, -0.05) is 54.6 Å². The van der Waals surface area contributed by atoms with E-state index in [1.165, 1.54) is 21.8 Å². The first kappa shape index (κ1) is 19.2. The molecule has 3 nitrogen and oxygen atoms in total. The fourth-order valence-electron chi connectivity index (χ4n) is 4.41.